The first kappa shape index (κ1) is 7.26. The van der Waals surface area contributed by atoms with E-state index in [2.05, 4.69) is 15.2 Å². The molecule has 14 heavy (non-hydrogen) atoms. The fourth-order valence-electron chi connectivity index (χ4n) is 4.13. The number of fused-ring (bicyclic) bond motifs is 5. The number of nitrogens with two attached hydrogens (primary N) is 1. The number of rotatable bonds is 1. The average molecular weight is 190 g/mol. The molecule has 3 fully saturated rings. The highest BCUT2D eigenvalue weighted by molar-refractivity contribution is 5.26. The molecule has 4 unspecified atom stereocenters. The van der Waals surface area contributed by atoms with Crippen molar-refractivity contribution in [3.63, 3.8) is 0 Å². The second-order valence-corrected chi connectivity index (χ2v) is 5.09. The molecule has 3 aliphatic rings. The van der Waals surface area contributed by atoms with Crippen LogP contribution in [-0.4, -0.2) is 15.2 Å². The summed E-state index contributed by atoms with van der Waals surface area (Å²) < 4.78 is 0. The fourth-order valence-corrected chi connectivity index (χ4v) is 4.13. The van der Waals surface area contributed by atoms with E-state index in [1.54, 1.807) is 0 Å². The molecule has 4 heteroatoms. The molecule has 4 nitrogen and oxygen atoms in total. The summed E-state index contributed by atoms with van der Waals surface area (Å²) in [5.41, 5.74) is 5.53. The van der Waals surface area contributed by atoms with Gasteiger partial charge in [0, 0.05) is 5.92 Å². The first-order valence-electron chi connectivity index (χ1n) is 5.52. The predicted molar refractivity (Wildman–Crippen MR) is 51.3 cm³/mol. The molecule has 0 radical (unpaired) electrons. The van der Waals surface area contributed by atoms with Crippen molar-refractivity contribution in [2.24, 2.45) is 23.7 Å². The van der Waals surface area contributed by atoms with Gasteiger partial charge in [-0.25, -0.2) is 0 Å². The third kappa shape index (κ3) is 0.713. The first-order chi connectivity index (χ1) is 6.84. The molecule has 4 atom stereocenters. The van der Waals surface area contributed by atoms with Crippen molar-refractivity contribution in [2.45, 2.75) is 25.2 Å². The molecule has 1 heterocycles. The van der Waals surface area contributed by atoms with Crippen LogP contribution in [-0.2, 0) is 0 Å². The second kappa shape index (κ2) is 2.12. The molecule has 1 aromatic heterocycles. The molecule has 0 amide bonds. The minimum atomic E-state index is 0.400. The van der Waals surface area contributed by atoms with Gasteiger partial charge in [0.2, 0.25) is 5.95 Å². The van der Waals surface area contributed by atoms with E-state index in [4.69, 9.17) is 5.73 Å². The maximum Gasteiger partial charge on any atom is 0.239 e. The lowest BCUT2D eigenvalue weighted by Gasteiger charge is -2.04. The number of hydrogen-bond donors (Lipinski definition) is 2. The van der Waals surface area contributed by atoms with Crippen LogP contribution in [0.2, 0.25) is 0 Å². The van der Waals surface area contributed by atoms with Gasteiger partial charge < -0.3 is 5.73 Å². The van der Waals surface area contributed by atoms with E-state index >= 15 is 0 Å². The normalized spacial score (nSPS) is 48.1. The molecule has 3 saturated carbocycles. The van der Waals surface area contributed by atoms with Crippen molar-refractivity contribution in [2.75, 3.05) is 5.73 Å². The van der Waals surface area contributed by atoms with E-state index in [0.29, 0.717) is 11.9 Å². The van der Waals surface area contributed by atoms with Crippen LogP contribution in [0.3, 0.4) is 0 Å². The molecule has 74 valence electrons. The fraction of sp³-hybridized carbons (Fsp3) is 0.800. The predicted octanol–water partition coefficient (Wildman–Crippen LogP) is 1.15. The van der Waals surface area contributed by atoms with Gasteiger partial charge in [0.25, 0.3) is 0 Å². The third-order valence-corrected chi connectivity index (χ3v) is 4.57. The molecule has 1 aromatic rings. The van der Waals surface area contributed by atoms with E-state index in [9.17, 15) is 0 Å². The Morgan fingerprint density at radius 3 is 2.50 bits per heavy atom. The lowest BCUT2D eigenvalue weighted by Crippen LogP contribution is -1.99. The maximum atomic E-state index is 5.53. The number of nitrogen functional groups attached to an aromatic ring is 1. The summed E-state index contributed by atoms with van der Waals surface area (Å²) in [6.07, 6.45) is 4.38. The Labute approximate surface area is 82.3 Å². The van der Waals surface area contributed by atoms with Gasteiger partial charge in [-0.3, -0.25) is 5.10 Å². The number of H-pyrrole nitrogens is 1. The lowest BCUT2D eigenvalue weighted by atomic mass is 10.0. The number of anilines is 1. The van der Waals surface area contributed by atoms with Crippen LogP contribution in [0, 0.1) is 23.7 Å². The van der Waals surface area contributed by atoms with Gasteiger partial charge in [0.05, 0.1) is 0 Å². The van der Waals surface area contributed by atoms with Crippen molar-refractivity contribution in [1.29, 1.82) is 0 Å². The zero-order valence-electron chi connectivity index (χ0n) is 7.98. The summed E-state index contributed by atoms with van der Waals surface area (Å²) in [6, 6.07) is 0. The summed E-state index contributed by atoms with van der Waals surface area (Å²) in [5.74, 6) is 5.93. The lowest BCUT2D eigenvalue weighted by molar-refractivity contribution is 0.456. The standard InChI is InChI=1S/C10H14N4/c11-10-12-9(13-14-10)8-6-4-1-2-5(3-4)7(6)8/h4-8H,1-3H2,(H3,11,12,13,14). The highest BCUT2D eigenvalue weighted by Gasteiger charge is 2.66. The molecule has 3 N–H and O–H groups in total. The smallest absolute Gasteiger partial charge is 0.239 e. The summed E-state index contributed by atoms with van der Waals surface area (Å²) >= 11 is 0. The van der Waals surface area contributed by atoms with Crippen LogP contribution >= 0.6 is 0 Å². The van der Waals surface area contributed by atoms with Gasteiger partial charge in [-0.1, -0.05) is 0 Å². The quantitative estimate of drug-likeness (QED) is 0.698. The largest absolute Gasteiger partial charge is 0.367 e. The van der Waals surface area contributed by atoms with Gasteiger partial charge in [0.15, 0.2) is 0 Å². The highest BCUT2D eigenvalue weighted by Crippen LogP contribution is 2.72. The van der Waals surface area contributed by atoms with Crippen LogP contribution in [0.25, 0.3) is 0 Å². The monoisotopic (exact) mass is 190 g/mol. The minimum absolute atomic E-state index is 0.400. The molecule has 0 aliphatic heterocycles. The number of nitrogens with one attached hydrogen (secondary N) is 1. The molecule has 2 bridgehead atoms. The van der Waals surface area contributed by atoms with Crippen molar-refractivity contribution in [3.8, 4) is 0 Å². The second-order valence-electron chi connectivity index (χ2n) is 5.09. The van der Waals surface area contributed by atoms with Gasteiger partial charge >= 0.3 is 0 Å². The minimum Gasteiger partial charge on any atom is -0.367 e. The van der Waals surface area contributed by atoms with Crippen molar-refractivity contribution < 1.29 is 0 Å². The molecular weight excluding hydrogens is 176 g/mol. The average Bonchev–Trinajstić information content (AvgIpc) is 2.58. The van der Waals surface area contributed by atoms with E-state index in [1.807, 2.05) is 0 Å². The number of hydrogen-bond acceptors (Lipinski definition) is 3. The Kier molecular flexibility index (Phi) is 1.10. The summed E-state index contributed by atoms with van der Waals surface area (Å²) in [5, 5.41) is 6.90. The molecule has 0 aromatic carbocycles. The zero-order valence-corrected chi connectivity index (χ0v) is 7.98. The SMILES string of the molecule is Nc1n[nH]c(C2C3C4CCC(C4)C23)n1. The van der Waals surface area contributed by atoms with Crippen molar-refractivity contribution in [3.05, 3.63) is 5.82 Å². The summed E-state index contributed by atoms with van der Waals surface area (Å²) in [6.45, 7) is 0. The molecule has 4 rings (SSSR count). The topological polar surface area (TPSA) is 67.6 Å². The first-order valence-corrected chi connectivity index (χ1v) is 5.52. The van der Waals surface area contributed by atoms with Crippen molar-refractivity contribution in [1.82, 2.24) is 15.2 Å². The molecule has 3 aliphatic carbocycles. The molecule has 0 saturated heterocycles. The van der Waals surface area contributed by atoms with E-state index < -0.39 is 0 Å². The highest BCUT2D eigenvalue weighted by atomic mass is 15.3. The van der Waals surface area contributed by atoms with E-state index in [1.165, 1.54) is 19.3 Å². The van der Waals surface area contributed by atoms with Gasteiger partial charge in [0.1, 0.15) is 5.82 Å². The number of aromatic amines is 1. The van der Waals surface area contributed by atoms with E-state index in [0.717, 1.165) is 29.5 Å². The Morgan fingerprint density at radius 2 is 1.93 bits per heavy atom. The van der Waals surface area contributed by atoms with Crippen LogP contribution in [0.5, 0.6) is 0 Å². The van der Waals surface area contributed by atoms with Crippen LogP contribution in [0.15, 0.2) is 0 Å². The molecule has 0 spiro atoms. The van der Waals surface area contributed by atoms with Crippen molar-refractivity contribution >= 4 is 5.95 Å². The van der Waals surface area contributed by atoms with Gasteiger partial charge in [-0.2, -0.15) is 4.98 Å². The Balaban J connectivity index is 1.66. The number of nitrogens with zero attached hydrogens (tertiary/aromatic N) is 2. The zero-order chi connectivity index (χ0) is 9.28. The van der Waals surface area contributed by atoms with Gasteiger partial charge in [-0.15, -0.1) is 5.10 Å². The summed E-state index contributed by atoms with van der Waals surface area (Å²) in [4.78, 5) is 4.26. The van der Waals surface area contributed by atoms with Gasteiger partial charge in [-0.05, 0) is 42.9 Å². The van der Waals surface area contributed by atoms with Crippen LogP contribution in [0.1, 0.15) is 31.0 Å². The summed E-state index contributed by atoms with van der Waals surface area (Å²) in [7, 11) is 0. The number of aromatic nitrogens is 3. The third-order valence-electron chi connectivity index (χ3n) is 4.57. The van der Waals surface area contributed by atoms with Crippen LogP contribution < -0.4 is 5.73 Å². The Hall–Kier alpha value is -1.06. The molecular formula is C10H14N4. The Bertz CT molecular complexity index is 369. The van der Waals surface area contributed by atoms with E-state index in [-0.39, 0.29) is 0 Å². The maximum absolute atomic E-state index is 5.53. The Morgan fingerprint density at radius 1 is 1.21 bits per heavy atom. The van der Waals surface area contributed by atoms with Crippen LogP contribution in [0.4, 0.5) is 5.95 Å².